The molecule has 0 spiro atoms. The van der Waals surface area contributed by atoms with Gasteiger partial charge in [0.05, 0.1) is 46.6 Å². The molecule has 0 bridgehead atoms. The summed E-state index contributed by atoms with van der Waals surface area (Å²) < 4.78 is 82.0. The number of rotatable bonds is 9. The third-order valence-corrected chi connectivity index (χ3v) is 9.68. The Morgan fingerprint density at radius 3 is 1.83 bits per heavy atom. The maximum atomic E-state index is 13.3. The first-order chi connectivity index (χ1) is 24.2. The molecule has 2 aliphatic rings. The molecule has 15 nitrogen and oxygen atoms in total. The quantitative estimate of drug-likeness (QED) is 0.0713. The second kappa shape index (κ2) is 16.5. The van der Waals surface area contributed by atoms with E-state index in [9.17, 15) is 35.5 Å². The molecule has 0 amide bonds. The number of hydrogen-bond donors (Lipinski definition) is 3. The molecular weight excluding hydrogens is 749 g/mol. The molecule has 0 saturated carbocycles. The number of carbonyl (C=O) groups is 2. The number of nitrogens with zero attached hydrogens (tertiary/aromatic N) is 2. The van der Waals surface area contributed by atoms with Crippen LogP contribution in [0.3, 0.4) is 0 Å². The van der Waals surface area contributed by atoms with Gasteiger partial charge in [-0.25, -0.2) is 16.8 Å². The predicted octanol–water partition coefficient (Wildman–Crippen LogP) is -2.14. The largest absolute Gasteiger partial charge is 1.00 e. The van der Waals surface area contributed by atoms with E-state index in [1.165, 1.54) is 20.3 Å². The summed E-state index contributed by atoms with van der Waals surface area (Å²) in [5, 5.41) is 8.42. The summed E-state index contributed by atoms with van der Waals surface area (Å²) >= 11 is 0. The number of Topliss-reactive ketones (excluding diaryl/α,β-unsaturated/α-hetero) is 1. The van der Waals surface area contributed by atoms with Gasteiger partial charge in [-0.3, -0.25) is 20.4 Å². The molecule has 0 atom stereocenters. The van der Waals surface area contributed by atoms with E-state index in [1.807, 2.05) is 24.3 Å². The van der Waals surface area contributed by atoms with Crippen LogP contribution in [0.4, 0.5) is 17.1 Å². The average molecular weight is 774 g/mol. The fourth-order valence-corrected chi connectivity index (χ4v) is 6.87. The van der Waals surface area contributed by atoms with Crippen molar-refractivity contribution in [3.05, 3.63) is 101 Å². The van der Waals surface area contributed by atoms with Crippen LogP contribution in [0.15, 0.2) is 98.9 Å². The summed E-state index contributed by atoms with van der Waals surface area (Å²) in [6.07, 6.45) is 5.35. The minimum absolute atomic E-state index is 0. The number of methoxy groups -OCH3 is 2. The van der Waals surface area contributed by atoms with Gasteiger partial charge in [-0.1, -0.05) is 48.6 Å². The maximum Gasteiger partial charge on any atom is 1.00 e. The zero-order valence-electron chi connectivity index (χ0n) is 28.5. The van der Waals surface area contributed by atoms with Crippen LogP contribution in [0.25, 0.3) is 23.3 Å². The molecular formula is C34H25N5Na2O10S2. The van der Waals surface area contributed by atoms with Crippen LogP contribution in [-0.4, -0.2) is 63.2 Å². The van der Waals surface area contributed by atoms with Gasteiger partial charge in [-0.15, -0.1) is 0 Å². The Bertz CT molecular complexity index is 2520. The zero-order valence-corrected chi connectivity index (χ0v) is 34.2. The van der Waals surface area contributed by atoms with E-state index in [2.05, 4.69) is 21.1 Å². The number of carbonyl (C=O) groups excluding carboxylic acids is 2. The number of anilines is 3. The van der Waals surface area contributed by atoms with E-state index in [0.717, 1.165) is 17.7 Å². The van der Waals surface area contributed by atoms with E-state index < -0.39 is 52.6 Å². The molecule has 0 aromatic heterocycles. The Hall–Kier alpha value is -4.14. The Morgan fingerprint density at radius 1 is 0.698 bits per heavy atom. The van der Waals surface area contributed by atoms with E-state index in [4.69, 9.17) is 15.2 Å². The SMILES string of the molecule is COc1cc(-c2ccc(N/N=C3\C(=O)C=Cc4ccccc43)c(OC)c2)ccc1N/N=C1/C=Cc2c(S(=O)(=O)[O-])cc(S(=O)(=O)[O-])c(N)c2C1=O.[Na+].[Na+]. The molecule has 0 saturated heterocycles. The van der Waals surface area contributed by atoms with E-state index in [0.29, 0.717) is 45.6 Å². The van der Waals surface area contributed by atoms with Crippen LogP contribution in [0, 0.1) is 0 Å². The first kappa shape index (κ1) is 41.6. The molecule has 19 heteroatoms. The van der Waals surface area contributed by atoms with Crippen LogP contribution in [-0.2, 0) is 25.0 Å². The Labute approximate surface area is 348 Å². The molecule has 6 rings (SSSR count). The Balaban J connectivity index is 0.00000314. The average Bonchev–Trinajstić information content (AvgIpc) is 3.09. The van der Waals surface area contributed by atoms with Gasteiger partial charge in [0.25, 0.3) is 0 Å². The number of ether oxygens (including phenoxy) is 2. The van der Waals surface area contributed by atoms with Gasteiger partial charge in [0, 0.05) is 11.1 Å². The number of fused-ring (bicyclic) bond motifs is 2. The summed E-state index contributed by atoms with van der Waals surface area (Å²) in [6.45, 7) is 0. The molecule has 0 aliphatic heterocycles. The summed E-state index contributed by atoms with van der Waals surface area (Å²) in [4.78, 5) is 23.6. The number of nitrogen functional groups attached to an aromatic ring is 1. The normalized spacial score (nSPS) is 14.9. The summed E-state index contributed by atoms with van der Waals surface area (Å²) in [5.41, 5.74) is 13.2. The number of hydrogen-bond acceptors (Lipinski definition) is 15. The van der Waals surface area contributed by atoms with Gasteiger partial charge in [-0.2, -0.15) is 10.2 Å². The summed E-state index contributed by atoms with van der Waals surface area (Å²) in [6, 6.07) is 18.0. The van der Waals surface area contributed by atoms with Crippen molar-refractivity contribution in [1.82, 2.24) is 0 Å². The van der Waals surface area contributed by atoms with E-state index >= 15 is 0 Å². The minimum Gasteiger partial charge on any atom is -0.744 e. The smallest absolute Gasteiger partial charge is 0.744 e. The monoisotopic (exact) mass is 773 g/mol. The van der Waals surface area contributed by atoms with Crippen molar-refractivity contribution >= 4 is 72.4 Å². The van der Waals surface area contributed by atoms with Gasteiger partial charge >= 0.3 is 59.1 Å². The van der Waals surface area contributed by atoms with Crippen LogP contribution >= 0.6 is 0 Å². The van der Waals surface area contributed by atoms with Gasteiger partial charge in [-0.05, 0) is 59.2 Å². The van der Waals surface area contributed by atoms with Crippen molar-refractivity contribution in [2.75, 3.05) is 30.8 Å². The molecule has 0 heterocycles. The van der Waals surface area contributed by atoms with Crippen molar-refractivity contribution in [3.8, 4) is 22.6 Å². The van der Waals surface area contributed by atoms with Gasteiger partial charge in [0.15, 0.2) is 0 Å². The number of nitrogens with one attached hydrogen (secondary N) is 2. The standard InChI is InChI=1S/C34H27N5O10S2.2Na/c1-48-27-15-19(20-8-12-24(28(16-20)49-2)37-39-33-21-6-4-3-5-18(21)9-14-26(33)40)7-11-23(27)36-38-25-13-10-22-29(50(42,43)44)17-30(51(45,46)47)32(35)31(22)34(25)41;;/h3-17,36-37H,35H2,1-2H3,(H,42,43,44)(H,45,46,47);;/q;2*+1/p-2/b38-25-,39-33-;;. The minimum atomic E-state index is -5.37. The van der Waals surface area contributed by atoms with Crippen molar-refractivity contribution < 1.29 is 104 Å². The van der Waals surface area contributed by atoms with E-state index in [-0.39, 0.29) is 76.3 Å². The first-order valence-electron chi connectivity index (χ1n) is 14.7. The zero-order chi connectivity index (χ0) is 36.7. The molecule has 2 aliphatic carbocycles. The molecule has 260 valence electrons. The number of allylic oxidation sites excluding steroid dienone is 2. The van der Waals surface area contributed by atoms with Gasteiger partial charge in [0.1, 0.15) is 43.2 Å². The summed E-state index contributed by atoms with van der Waals surface area (Å²) in [5.74, 6) is -0.561. The molecule has 4 aromatic rings. The molecule has 0 radical (unpaired) electrons. The van der Waals surface area contributed by atoms with Crippen molar-refractivity contribution in [3.63, 3.8) is 0 Å². The first-order valence-corrected chi connectivity index (χ1v) is 17.5. The molecule has 4 N–H and O–H groups in total. The van der Waals surface area contributed by atoms with Crippen LogP contribution in [0.2, 0.25) is 0 Å². The Morgan fingerprint density at radius 2 is 1.26 bits per heavy atom. The molecule has 53 heavy (non-hydrogen) atoms. The van der Waals surface area contributed by atoms with Crippen molar-refractivity contribution in [1.29, 1.82) is 0 Å². The molecule has 4 aromatic carbocycles. The summed E-state index contributed by atoms with van der Waals surface area (Å²) in [7, 11) is -7.79. The second-order valence-corrected chi connectivity index (χ2v) is 13.6. The van der Waals surface area contributed by atoms with E-state index in [1.54, 1.807) is 42.5 Å². The second-order valence-electron chi connectivity index (χ2n) is 10.9. The fraction of sp³-hybridized carbons (Fsp3) is 0.0588. The predicted molar refractivity (Wildman–Crippen MR) is 187 cm³/mol. The van der Waals surface area contributed by atoms with Crippen molar-refractivity contribution in [2.24, 2.45) is 10.2 Å². The third kappa shape index (κ3) is 8.49. The number of hydrazone groups is 2. The molecule has 0 fully saturated rings. The third-order valence-electron chi connectivity index (χ3n) is 7.92. The van der Waals surface area contributed by atoms with Crippen molar-refractivity contribution in [2.45, 2.75) is 9.79 Å². The Kier molecular flexibility index (Phi) is 12.9. The number of benzene rings is 4. The fourth-order valence-electron chi connectivity index (χ4n) is 5.46. The number of nitrogens with two attached hydrogens (primary N) is 1. The van der Waals surface area contributed by atoms with Crippen LogP contribution < -0.4 is 85.2 Å². The van der Waals surface area contributed by atoms with Gasteiger partial charge in [0.2, 0.25) is 11.6 Å². The topological polar surface area (TPSA) is 242 Å². The van der Waals surface area contributed by atoms with Gasteiger partial charge < -0.3 is 24.3 Å². The van der Waals surface area contributed by atoms with Crippen LogP contribution in [0.5, 0.6) is 11.5 Å². The van der Waals surface area contributed by atoms with Crippen LogP contribution in [0.1, 0.15) is 27.0 Å². The number of ketones is 2. The molecule has 0 unspecified atom stereocenters. The maximum absolute atomic E-state index is 13.3.